The molecule has 22 heavy (non-hydrogen) atoms. The maximum Gasteiger partial charge on any atom is 0.340 e. The fourth-order valence-electron chi connectivity index (χ4n) is 1.61. The molecule has 2 rings (SSSR count). The summed E-state index contributed by atoms with van der Waals surface area (Å²) in [7, 11) is 0. The molecule has 0 bridgehead atoms. The summed E-state index contributed by atoms with van der Waals surface area (Å²) in [4.78, 5) is 23.4. The summed E-state index contributed by atoms with van der Waals surface area (Å²) in [5.74, 6) is -1.88. The van der Waals surface area contributed by atoms with E-state index in [0.717, 1.165) is 6.07 Å². The van der Waals surface area contributed by atoms with Crippen LogP contribution in [0.3, 0.4) is 0 Å². The number of carbonyl (C=O) groups is 2. The molecule has 114 valence electrons. The van der Waals surface area contributed by atoms with Crippen LogP contribution in [0.25, 0.3) is 0 Å². The molecule has 1 N–H and O–H groups in total. The highest BCUT2D eigenvalue weighted by atomic mass is 35.5. The van der Waals surface area contributed by atoms with Crippen LogP contribution in [-0.2, 0) is 9.53 Å². The van der Waals surface area contributed by atoms with E-state index in [1.807, 2.05) is 0 Å². The van der Waals surface area contributed by atoms with Gasteiger partial charge in [-0.15, -0.1) is 0 Å². The van der Waals surface area contributed by atoms with Crippen LogP contribution < -0.4 is 5.32 Å². The summed E-state index contributed by atoms with van der Waals surface area (Å²) in [5, 5.41) is 2.55. The highest BCUT2D eigenvalue weighted by Gasteiger charge is 2.13. The second-order valence-corrected chi connectivity index (χ2v) is 5.05. The Hall–Kier alpha value is -2.11. The van der Waals surface area contributed by atoms with Crippen LogP contribution in [-0.4, -0.2) is 18.5 Å². The molecule has 0 aliphatic heterocycles. The van der Waals surface area contributed by atoms with E-state index in [0.29, 0.717) is 5.69 Å². The largest absolute Gasteiger partial charge is 0.452 e. The van der Waals surface area contributed by atoms with Gasteiger partial charge in [0.05, 0.1) is 15.6 Å². The van der Waals surface area contributed by atoms with E-state index in [2.05, 4.69) is 5.32 Å². The number of esters is 1. The zero-order valence-corrected chi connectivity index (χ0v) is 12.6. The lowest BCUT2D eigenvalue weighted by atomic mass is 10.2. The minimum atomic E-state index is -0.710. The quantitative estimate of drug-likeness (QED) is 0.857. The van der Waals surface area contributed by atoms with Crippen molar-refractivity contribution in [3.05, 3.63) is 63.9 Å². The third-order valence-corrected chi connectivity index (χ3v) is 3.25. The molecule has 0 aliphatic rings. The molecule has 2 aromatic carbocycles. The molecular weight excluding hydrogens is 332 g/mol. The highest BCUT2D eigenvalue weighted by molar-refractivity contribution is 6.33. The van der Waals surface area contributed by atoms with Gasteiger partial charge in [-0.05, 0) is 30.3 Å². The Morgan fingerprint density at radius 3 is 2.50 bits per heavy atom. The normalized spacial score (nSPS) is 10.1. The van der Waals surface area contributed by atoms with Gasteiger partial charge in [-0.2, -0.15) is 0 Å². The van der Waals surface area contributed by atoms with Crippen molar-refractivity contribution in [3.8, 4) is 0 Å². The summed E-state index contributed by atoms with van der Waals surface area (Å²) in [6, 6.07) is 10.0. The Bertz CT molecular complexity index is 722. The van der Waals surface area contributed by atoms with Crippen molar-refractivity contribution < 1.29 is 18.7 Å². The van der Waals surface area contributed by atoms with E-state index in [-0.39, 0.29) is 15.6 Å². The number of rotatable bonds is 4. The van der Waals surface area contributed by atoms with Crippen molar-refractivity contribution in [1.82, 2.24) is 0 Å². The first-order valence-corrected chi connectivity index (χ1v) is 6.89. The number of hydrogen-bond donors (Lipinski definition) is 1. The van der Waals surface area contributed by atoms with Crippen LogP contribution in [0, 0.1) is 5.82 Å². The van der Waals surface area contributed by atoms with Crippen LogP contribution in [0.15, 0.2) is 42.5 Å². The predicted molar refractivity (Wildman–Crippen MR) is 81.8 cm³/mol. The predicted octanol–water partition coefficient (Wildman–Crippen LogP) is 3.93. The summed E-state index contributed by atoms with van der Waals surface area (Å²) in [6.45, 7) is -0.501. The molecule has 1 amide bonds. The van der Waals surface area contributed by atoms with Crippen molar-refractivity contribution in [2.75, 3.05) is 11.9 Å². The van der Waals surface area contributed by atoms with Gasteiger partial charge < -0.3 is 10.1 Å². The monoisotopic (exact) mass is 341 g/mol. The fourth-order valence-corrected chi connectivity index (χ4v) is 2.00. The number of nitrogens with one attached hydrogen (secondary N) is 1. The molecule has 2 aromatic rings. The summed E-state index contributed by atoms with van der Waals surface area (Å²) < 4.78 is 17.8. The first-order chi connectivity index (χ1) is 10.5. The van der Waals surface area contributed by atoms with E-state index in [1.54, 1.807) is 18.2 Å². The van der Waals surface area contributed by atoms with Crippen molar-refractivity contribution in [1.29, 1.82) is 0 Å². The van der Waals surface area contributed by atoms with Crippen LogP contribution >= 0.6 is 23.2 Å². The Balaban J connectivity index is 1.91. The van der Waals surface area contributed by atoms with Gasteiger partial charge >= 0.3 is 5.97 Å². The van der Waals surface area contributed by atoms with Crippen molar-refractivity contribution in [2.24, 2.45) is 0 Å². The smallest absolute Gasteiger partial charge is 0.340 e. The molecule has 0 aliphatic carbocycles. The van der Waals surface area contributed by atoms with Gasteiger partial charge in [0.2, 0.25) is 0 Å². The minimum Gasteiger partial charge on any atom is -0.452 e. The Labute approximate surface area is 135 Å². The lowest BCUT2D eigenvalue weighted by molar-refractivity contribution is -0.119. The molecule has 0 unspecified atom stereocenters. The average molecular weight is 342 g/mol. The van der Waals surface area contributed by atoms with Gasteiger partial charge in [0.1, 0.15) is 5.82 Å². The van der Waals surface area contributed by atoms with Gasteiger partial charge in [-0.1, -0.05) is 35.3 Å². The maximum atomic E-state index is 13.0. The third kappa shape index (κ3) is 4.19. The highest BCUT2D eigenvalue weighted by Crippen LogP contribution is 2.19. The molecule has 4 nitrogen and oxygen atoms in total. The zero-order chi connectivity index (χ0) is 16.1. The van der Waals surface area contributed by atoms with E-state index in [4.69, 9.17) is 27.9 Å². The van der Waals surface area contributed by atoms with Crippen molar-refractivity contribution in [3.63, 3.8) is 0 Å². The van der Waals surface area contributed by atoms with E-state index in [1.165, 1.54) is 18.2 Å². The van der Waals surface area contributed by atoms with Gasteiger partial charge in [0.25, 0.3) is 5.91 Å². The number of halogens is 3. The third-order valence-electron chi connectivity index (χ3n) is 2.63. The zero-order valence-electron chi connectivity index (χ0n) is 11.1. The fraction of sp³-hybridized carbons (Fsp3) is 0.0667. The molecule has 0 saturated heterocycles. The number of benzene rings is 2. The minimum absolute atomic E-state index is 0.120. The Morgan fingerprint density at radius 2 is 1.82 bits per heavy atom. The molecule has 0 spiro atoms. The Kier molecular flexibility index (Phi) is 5.35. The average Bonchev–Trinajstić information content (AvgIpc) is 2.49. The molecule has 0 atom stereocenters. The summed E-state index contributed by atoms with van der Waals surface area (Å²) >= 11 is 11.4. The summed E-state index contributed by atoms with van der Waals surface area (Å²) in [6.07, 6.45) is 0. The molecular formula is C15H10Cl2FNO3. The van der Waals surface area contributed by atoms with Gasteiger partial charge in [0, 0.05) is 5.69 Å². The topological polar surface area (TPSA) is 55.4 Å². The molecule has 7 heteroatoms. The van der Waals surface area contributed by atoms with Crippen molar-refractivity contribution >= 4 is 40.8 Å². The standard InChI is InChI=1S/C15H10Cl2FNO3/c16-11-4-2-1-3-10(11)15(21)22-8-14(20)19-9-5-6-13(18)12(17)7-9/h1-7H,8H2,(H,19,20). The molecule has 0 radical (unpaired) electrons. The summed E-state index contributed by atoms with van der Waals surface area (Å²) in [5.41, 5.74) is 0.465. The van der Waals surface area contributed by atoms with Gasteiger partial charge in [-0.3, -0.25) is 4.79 Å². The van der Waals surface area contributed by atoms with Gasteiger partial charge in [-0.25, -0.2) is 9.18 Å². The van der Waals surface area contributed by atoms with E-state index >= 15 is 0 Å². The number of carbonyl (C=O) groups excluding carboxylic acids is 2. The number of hydrogen-bond acceptors (Lipinski definition) is 3. The van der Waals surface area contributed by atoms with E-state index < -0.39 is 24.3 Å². The first kappa shape index (κ1) is 16.3. The lowest BCUT2D eigenvalue weighted by Gasteiger charge is -2.08. The molecule has 0 aromatic heterocycles. The lowest BCUT2D eigenvalue weighted by Crippen LogP contribution is -2.21. The SMILES string of the molecule is O=C(COC(=O)c1ccccc1Cl)Nc1ccc(F)c(Cl)c1. The molecule has 0 heterocycles. The van der Waals surface area contributed by atoms with Crippen LogP contribution in [0.1, 0.15) is 10.4 Å². The number of anilines is 1. The van der Waals surface area contributed by atoms with Gasteiger partial charge in [0.15, 0.2) is 6.61 Å². The first-order valence-electron chi connectivity index (χ1n) is 6.14. The Morgan fingerprint density at radius 1 is 1.09 bits per heavy atom. The molecule has 0 fully saturated rings. The van der Waals surface area contributed by atoms with Crippen LogP contribution in [0.2, 0.25) is 10.0 Å². The van der Waals surface area contributed by atoms with Crippen molar-refractivity contribution in [2.45, 2.75) is 0 Å². The van der Waals surface area contributed by atoms with E-state index in [9.17, 15) is 14.0 Å². The second-order valence-electron chi connectivity index (χ2n) is 4.23. The number of ether oxygens (including phenoxy) is 1. The second kappa shape index (κ2) is 7.24. The van der Waals surface area contributed by atoms with Crippen LogP contribution in [0.4, 0.5) is 10.1 Å². The number of amides is 1. The maximum absolute atomic E-state index is 13.0. The molecule has 0 saturated carbocycles. The van der Waals surface area contributed by atoms with Crippen LogP contribution in [0.5, 0.6) is 0 Å².